The Morgan fingerprint density at radius 2 is 2.25 bits per heavy atom. The van der Waals surface area contributed by atoms with Gasteiger partial charge in [0.1, 0.15) is 6.29 Å². The minimum Gasteiger partial charge on any atom is -0.298 e. The highest BCUT2D eigenvalue weighted by Gasteiger charge is 1.98. The number of hydrogen-bond donors (Lipinski definition) is 0. The molecule has 0 saturated heterocycles. The number of nitriles is 1. The number of nitrogens with zero attached hydrogens (tertiary/aromatic N) is 2. The first-order valence-corrected chi connectivity index (χ1v) is 3.18. The molecule has 3 heteroatoms. The van der Waals surface area contributed by atoms with E-state index in [1.807, 2.05) is 6.07 Å². The maximum absolute atomic E-state index is 10.3. The van der Waals surface area contributed by atoms with Crippen LogP contribution in [0, 0.1) is 17.9 Å². The zero-order valence-corrected chi connectivity index (χ0v) is 6.11. The molecule has 0 fully saturated rings. The molecule has 0 aliphatic heterocycles. The van der Waals surface area contributed by atoms with Crippen molar-refractivity contribution < 1.29 is 4.79 Å². The van der Waals surface area contributed by atoms with Gasteiger partial charge in [-0.25, -0.2) is 4.85 Å². The predicted molar refractivity (Wildman–Crippen MR) is 42.8 cm³/mol. The molecule has 0 N–H and O–H groups in total. The fraction of sp³-hybridized carbons (Fsp3) is 0. The maximum Gasteiger partial charge on any atom is 0.189 e. The second-order valence-electron chi connectivity index (χ2n) is 2.15. The minimum absolute atomic E-state index is 0.316. The van der Waals surface area contributed by atoms with Crippen LogP contribution in [-0.4, -0.2) is 6.29 Å². The third kappa shape index (κ3) is 1.47. The van der Waals surface area contributed by atoms with E-state index in [0.29, 0.717) is 23.1 Å². The molecule has 56 valence electrons. The summed E-state index contributed by atoms with van der Waals surface area (Å²) in [6.07, 6.45) is 0.621. The Kier molecular flexibility index (Phi) is 2.20. The molecule has 1 aromatic carbocycles. The lowest BCUT2D eigenvalue weighted by molar-refractivity contribution is 0.112. The molecule has 0 bridgehead atoms. The average molecular weight is 156 g/mol. The summed E-state index contributed by atoms with van der Waals surface area (Å²) in [5, 5.41) is 8.51. The van der Waals surface area contributed by atoms with Gasteiger partial charge in [-0.1, -0.05) is 0 Å². The van der Waals surface area contributed by atoms with Crippen molar-refractivity contribution in [2.45, 2.75) is 0 Å². The van der Waals surface area contributed by atoms with Gasteiger partial charge >= 0.3 is 0 Å². The summed E-state index contributed by atoms with van der Waals surface area (Å²) in [5.41, 5.74) is 1.02. The fourth-order valence-electron chi connectivity index (χ4n) is 0.832. The van der Waals surface area contributed by atoms with E-state index in [0.717, 1.165) is 0 Å². The second kappa shape index (κ2) is 3.32. The van der Waals surface area contributed by atoms with Crippen molar-refractivity contribution in [1.82, 2.24) is 0 Å². The smallest absolute Gasteiger partial charge is 0.189 e. The van der Waals surface area contributed by atoms with E-state index in [9.17, 15) is 4.79 Å². The molecule has 1 rings (SSSR count). The van der Waals surface area contributed by atoms with Crippen LogP contribution in [0.3, 0.4) is 0 Å². The van der Waals surface area contributed by atoms with Gasteiger partial charge in [-0.15, -0.1) is 0 Å². The van der Waals surface area contributed by atoms with Crippen LogP contribution >= 0.6 is 0 Å². The summed E-state index contributed by atoms with van der Waals surface area (Å²) in [7, 11) is 0. The van der Waals surface area contributed by atoms with Crippen molar-refractivity contribution in [2.75, 3.05) is 0 Å². The molecule has 0 unspecified atom stereocenters. The average Bonchev–Trinajstić information content (AvgIpc) is 2.16. The van der Waals surface area contributed by atoms with Gasteiger partial charge in [-0.2, -0.15) is 5.26 Å². The van der Waals surface area contributed by atoms with Crippen LogP contribution in [0.5, 0.6) is 0 Å². The molecule has 0 spiro atoms. The summed E-state index contributed by atoms with van der Waals surface area (Å²) in [5.74, 6) is 0. The highest BCUT2D eigenvalue weighted by atomic mass is 16.1. The Labute approximate surface area is 69.7 Å². The molecular weight excluding hydrogens is 152 g/mol. The summed E-state index contributed by atoms with van der Waals surface area (Å²) in [6.45, 7) is 6.69. The molecule has 0 aromatic heterocycles. The molecule has 0 heterocycles. The predicted octanol–water partition coefficient (Wildman–Crippen LogP) is 1.92. The standard InChI is InChI=1S/C9H4N2O/c1-11-9-3-7(5-10)2-8(4-9)6-12/h2-4,6H. The van der Waals surface area contributed by atoms with Crippen LogP contribution in [0.25, 0.3) is 4.85 Å². The lowest BCUT2D eigenvalue weighted by atomic mass is 10.1. The first kappa shape index (κ1) is 7.97. The van der Waals surface area contributed by atoms with Crippen molar-refractivity contribution in [2.24, 2.45) is 0 Å². The summed E-state index contributed by atoms with van der Waals surface area (Å²) < 4.78 is 0. The molecule has 0 aliphatic rings. The van der Waals surface area contributed by atoms with Gasteiger partial charge in [-0.05, 0) is 18.2 Å². The van der Waals surface area contributed by atoms with Crippen LogP contribution in [-0.2, 0) is 0 Å². The Hall–Kier alpha value is -2.13. The van der Waals surface area contributed by atoms with Gasteiger partial charge in [-0.3, -0.25) is 4.79 Å². The van der Waals surface area contributed by atoms with Gasteiger partial charge in [0, 0.05) is 11.1 Å². The van der Waals surface area contributed by atoms with Crippen molar-refractivity contribution in [3.63, 3.8) is 0 Å². The number of hydrogen-bond acceptors (Lipinski definition) is 2. The van der Waals surface area contributed by atoms with Crippen molar-refractivity contribution in [3.05, 3.63) is 40.7 Å². The van der Waals surface area contributed by atoms with Gasteiger partial charge in [0.2, 0.25) is 0 Å². The number of aldehydes is 1. The molecule has 0 saturated carbocycles. The van der Waals surface area contributed by atoms with Gasteiger partial charge < -0.3 is 0 Å². The Morgan fingerprint density at radius 3 is 2.75 bits per heavy atom. The minimum atomic E-state index is 0.316. The molecule has 12 heavy (non-hydrogen) atoms. The van der Waals surface area contributed by atoms with Crippen LogP contribution in [0.4, 0.5) is 5.69 Å². The lowest BCUT2D eigenvalue weighted by Crippen LogP contribution is -1.81. The number of benzene rings is 1. The molecular formula is C9H4N2O. The summed E-state index contributed by atoms with van der Waals surface area (Å²) >= 11 is 0. The fourth-order valence-corrected chi connectivity index (χ4v) is 0.832. The second-order valence-corrected chi connectivity index (χ2v) is 2.15. The summed E-state index contributed by atoms with van der Waals surface area (Å²) in [4.78, 5) is 13.5. The highest BCUT2D eigenvalue weighted by Crippen LogP contribution is 2.15. The van der Waals surface area contributed by atoms with Gasteiger partial charge in [0.15, 0.2) is 5.69 Å². The third-order valence-electron chi connectivity index (χ3n) is 1.33. The van der Waals surface area contributed by atoms with E-state index < -0.39 is 0 Å². The summed E-state index contributed by atoms with van der Waals surface area (Å²) in [6, 6.07) is 6.21. The molecule has 1 aromatic rings. The largest absolute Gasteiger partial charge is 0.298 e. The normalized spacial score (nSPS) is 8.17. The van der Waals surface area contributed by atoms with E-state index in [1.165, 1.54) is 18.2 Å². The first-order valence-electron chi connectivity index (χ1n) is 3.18. The van der Waals surface area contributed by atoms with Crippen LogP contribution in [0.2, 0.25) is 0 Å². The molecule has 0 atom stereocenters. The van der Waals surface area contributed by atoms with Crippen LogP contribution < -0.4 is 0 Å². The first-order chi connectivity index (χ1) is 5.80. The Bertz CT molecular complexity index is 364. The molecule has 3 nitrogen and oxygen atoms in total. The van der Waals surface area contributed by atoms with Gasteiger partial charge in [0.05, 0.1) is 12.6 Å². The Balaban J connectivity index is 3.33. The van der Waals surface area contributed by atoms with E-state index in [2.05, 4.69) is 4.85 Å². The van der Waals surface area contributed by atoms with E-state index in [1.54, 1.807) is 0 Å². The van der Waals surface area contributed by atoms with Crippen molar-refractivity contribution >= 4 is 12.0 Å². The van der Waals surface area contributed by atoms with E-state index in [4.69, 9.17) is 11.8 Å². The number of rotatable bonds is 1. The molecule has 0 aliphatic carbocycles. The molecule has 0 amide bonds. The zero-order valence-electron chi connectivity index (χ0n) is 6.11. The van der Waals surface area contributed by atoms with Crippen LogP contribution in [0.15, 0.2) is 18.2 Å². The number of carbonyl (C=O) groups is 1. The van der Waals surface area contributed by atoms with E-state index in [-0.39, 0.29) is 0 Å². The van der Waals surface area contributed by atoms with E-state index >= 15 is 0 Å². The highest BCUT2D eigenvalue weighted by molar-refractivity contribution is 5.78. The lowest BCUT2D eigenvalue weighted by Gasteiger charge is -1.92. The van der Waals surface area contributed by atoms with Crippen LogP contribution in [0.1, 0.15) is 15.9 Å². The zero-order chi connectivity index (χ0) is 8.97. The number of carbonyl (C=O) groups excluding carboxylic acids is 1. The van der Waals surface area contributed by atoms with Gasteiger partial charge in [0.25, 0.3) is 0 Å². The monoisotopic (exact) mass is 156 g/mol. The molecule has 0 radical (unpaired) electrons. The maximum atomic E-state index is 10.3. The topological polar surface area (TPSA) is 45.2 Å². The quantitative estimate of drug-likeness (QED) is 0.460. The Morgan fingerprint density at radius 1 is 1.50 bits per heavy atom. The SMILES string of the molecule is [C-]#[N+]c1cc(C#N)cc(C=O)c1. The third-order valence-corrected chi connectivity index (χ3v) is 1.33. The van der Waals surface area contributed by atoms with Crippen molar-refractivity contribution in [1.29, 1.82) is 5.26 Å². The van der Waals surface area contributed by atoms with Crippen molar-refractivity contribution in [3.8, 4) is 6.07 Å².